The fourth-order valence-electron chi connectivity index (χ4n) is 2.54. The van der Waals surface area contributed by atoms with Crippen LogP contribution in [-0.2, 0) is 9.47 Å². The van der Waals surface area contributed by atoms with E-state index in [-0.39, 0.29) is 16.9 Å². The summed E-state index contributed by atoms with van der Waals surface area (Å²) in [5, 5.41) is 2.89. The normalized spacial score (nSPS) is 10.5. The minimum Gasteiger partial charge on any atom is -0.494 e. The molecule has 0 unspecified atom stereocenters. The molecule has 2 aromatic rings. The molecular weight excluding hydrogens is 386 g/mol. The monoisotopic (exact) mass is 411 g/mol. The largest absolute Gasteiger partial charge is 0.494 e. The van der Waals surface area contributed by atoms with Gasteiger partial charge in [0.2, 0.25) is 0 Å². The first-order valence-corrected chi connectivity index (χ1v) is 9.50. The van der Waals surface area contributed by atoms with Gasteiger partial charge in [-0.2, -0.15) is 0 Å². The van der Waals surface area contributed by atoms with Crippen molar-refractivity contribution in [2.45, 2.75) is 19.8 Å². The molecule has 0 heterocycles. The molecule has 30 heavy (non-hydrogen) atoms. The van der Waals surface area contributed by atoms with Gasteiger partial charge in [-0.05, 0) is 48.9 Å². The van der Waals surface area contributed by atoms with Crippen molar-refractivity contribution in [1.29, 1.82) is 0 Å². The van der Waals surface area contributed by atoms with Gasteiger partial charge in [-0.25, -0.2) is 9.59 Å². The molecule has 0 saturated heterocycles. The van der Waals surface area contributed by atoms with Crippen molar-refractivity contribution in [2.75, 3.05) is 26.1 Å². The SMILES string of the molecule is CCCCOc1ccc(C(=O)C=CNc2cc(C(=O)OC)cc(C(=O)OC)c2)cc1. The third-order valence-electron chi connectivity index (χ3n) is 4.17. The third kappa shape index (κ3) is 6.48. The molecular formula is C23H25NO6. The maximum atomic E-state index is 12.3. The van der Waals surface area contributed by atoms with Gasteiger partial charge < -0.3 is 19.5 Å². The number of hydrogen-bond donors (Lipinski definition) is 1. The van der Waals surface area contributed by atoms with Gasteiger partial charge in [-0.1, -0.05) is 13.3 Å². The second kappa shape index (κ2) is 11.4. The Morgan fingerprint density at radius 3 is 2.03 bits per heavy atom. The highest BCUT2D eigenvalue weighted by Gasteiger charge is 2.13. The summed E-state index contributed by atoms with van der Waals surface area (Å²) in [4.78, 5) is 36.0. The summed E-state index contributed by atoms with van der Waals surface area (Å²) < 4.78 is 15.0. The number of unbranched alkanes of at least 4 members (excludes halogenated alkanes) is 1. The molecule has 7 heteroatoms. The van der Waals surface area contributed by atoms with Gasteiger partial charge in [0, 0.05) is 23.5 Å². The predicted octanol–water partition coefficient (Wildman–Crippen LogP) is 4.25. The van der Waals surface area contributed by atoms with Crippen molar-refractivity contribution < 1.29 is 28.6 Å². The Balaban J connectivity index is 2.07. The van der Waals surface area contributed by atoms with E-state index in [1.807, 2.05) is 0 Å². The second-order valence-electron chi connectivity index (χ2n) is 6.35. The zero-order chi connectivity index (χ0) is 21.9. The number of carbonyl (C=O) groups is 3. The van der Waals surface area contributed by atoms with E-state index in [1.54, 1.807) is 24.3 Å². The van der Waals surface area contributed by atoms with E-state index in [0.717, 1.165) is 18.6 Å². The summed E-state index contributed by atoms with van der Waals surface area (Å²) in [5.74, 6) is -0.674. The lowest BCUT2D eigenvalue weighted by atomic mass is 10.1. The maximum absolute atomic E-state index is 12.3. The number of benzene rings is 2. The van der Waals surface area contributed by atoms with Crippen molar-refractivity contribution >= 4 is 23.4 Å². The summed E-state index contributed by atoms with van der Waals surface area (Å²) in [6.07, 6.45) is 4.82. The van der Waals surface area contributed by atoms with Gasteiger partial charge in [-0.15, -0.1) is 0 Å². The molecule has 0 aromatic heterocycles. The molecule has 0 aliphatic rings. The van der Waals surface area contributed by atoms with Crippen LogP contribution in [0, 0.1) is 0 Å². The van der Waals surface area contributed by atoms with E-state index in [9.17, 15) is 14.4 Å². The molecule has 0 atom stereocenters. The Morgan fingerprint density at radius 1 is 0.900 bits per heavy atom. The van der Waals surface area contributed by atoms with Crippen LogP contribution in [0.3, 0.4) is 0 Å². The van der Waals surface area contributed by atoms with Gasteiger partial charge in [0.25, 0.3) is 0 Å². The van der Waals surface area contributed by atoms with Gasteiger partial charge in [0.1, 0.15) is 5.75 Å². The van der Waals surface area contributed by atoms with Crippen LogP contribution in [-0.4, -0.2) is 38.5 Å². The molecule has 158 valence electrons. The van der Waals surface area contributed by atoms with Crippen LogP contribution in [0.25, 0.3) is 0 Å². The van der Waals surface area contributed by atoms with Gasteiger partial charge in [-0.3, -0.25) is 4.79 Å². The van der Waals surface area contributed by atoms with Crippen molar-refractivity contribution in [3.8, 4) is 5.75 Å². The number of allylic oxidation sites excluding steroid dienone is 1. The highest BCUT2D eigenvalue weighted by molar-refractivity contribution is 6.04. The number of nitrogens with one attached hydrogen (secondary N) is 1. The Hall–Kier alpha value is -3.61. The summed E-state index contributed by atoms with van der Waals surface area (Å²) in [7, 11) is 2.50. The predicted molar refractivity (Wildman–Crippen MR) is 113 cm³/mol. The molecule has 1 N–H and O–H groups in total. The van der Waals surface area contributed by atoms with Crippen molar-refractivity contribution in [1.82, 2.24) is 0 Å². The smallest absolute Gasteiger partial charge is 0.337 e. The maximum Gasteiger partial charge on any atom is 0.337 e. The second-order valence-corrected chi connectivity index (χ2v) is 6.35. The lowest BCUT2D eigenvalue weighted by Gasteiger charge is -2.08. The summed E-state index contributed by atoms with van der Waals surface area (Å²) in [6, 6.07) is 11.3. The van der Waals surface area contributed by atoms with E-state index in [4.69, 9.17) is 14.2 Å². The topological polar surface area (TPSA) is 90.9 Å². The molecule has 0 radical (unpaired) electrons. The zero-order valence-electron chi connectivity index (χ0n) is 17.3. The fraction of sp³-hybridized carbons (Fsp3) is 0.261. The molecule has 0 bridgehead atoms. The molecule has 7 nitrogen and oxygen atoms in total. The number of ketones is 1. The van der Waals surface area contributed by atoms with Crippen LogP contribution in [0.5, 0.6) is 5.75 Å². The Labute approximate surface area is 175 Å². The van der Waals surface area contributed by atoms with Crippen molar-refractivity contribution in [2.24, 2.45) is 0 Å². The van der Waals surface area contributed by atoms with Crippen LogP contribution in [0.15, 0.2) is 54.7 Å². The van der Waals surface area contributed by atoms with Crippen LogP contribution < -0.4 is 10.1 Å². The quantitative estimate of drug-likeness (QED) is 0.270. The average Bonchev–Trinajstić information content (AvgIpc) is 2.78. The molecule has 0 aliphatic carbocycles. The third-order valence-corrected chi connectivity index (χ3v) is 4.17. The fourth-order valence-corrected chi connectivity index (χ4v) is 2.54. The number of ether oxygens (including phenoxy) is 3. The number of carbonyl (C=O) groups excluding carboxylic acids is 3. The number of methoxy groups -OCH3 is 2. The zero-order valence-corrected chi connectivity index (χ0v) is 17.3. The van der Waals surface area contributed by atoms with E-state index < -0.39 is 11.9 Å². The van der Waals surface area contributed by atoms with E-state index in [2.05, 4.69) is 12.2 Å². The van der Waals surface area contributed by atoms with Gasteiger partial charge in [0.15, 0.2) is 5.78 Å². The molecule has 0 fully saturated rings. The first-order chi connectivity index (χ1) is 14.5. The molecule has 0 spiro atoms. The number of esters is 2. The van der Waals surface area contributed by atoms with Crippen LogP contribution in [0.4, 0.5) is 5.69 Å². The lowest BCUT2D eigenvalue weighted by Crippen LogP contribution is -2.07. The number of hydrogen-bond acceptors (Lipinski definition) is 7. The van der Waals surface area contributed by atoms with Crippen molar-refractivity contribution in [3.63, 3.8) is 0 Å². The Bertz CT molecular complexity index is 884. The van der Waals surface area contributed by atoms with E-state index >= 15 is 0 Å². The van der Waals surface area contributed by atoms with Crippen LogP contribution in [0.2, 0.25) is 0 Å². The standard InChI is InChI=1S/C23H25NO6/c1-4-5-12-30-20-8-6-16(7-9-20)21(25)10-11-24-19-14-17(22(26)28-2)13-18(15-19)23(27)29-3/h6-11,13-15,24H,4-5,12H2,1-3H3. The molecule has 2 rings (SSSR count). The van der Waals surface area contributed by atoms with Gasteiger partial charge in [0.05, 0.1) is 32.0 Å². The average molecular weight is 411 g/mol. The van der Waals surface area contributed by atoms with E-state index in [1.165, 1.54) is 44.7 Å². The molecule has 0 saturated carbocycles. The van der Waals surface area contributed by atoms with Crippen LogP contribution in [0.1, 0.15) is 50.8 Å². The first-order valence-electron chi connectivity index (χ1n) is 9.50. The Morgan fingerprint density at radius 2 is 1.50 bits per heavy atom. The summed E-state index contributed by atoms with van der Waals surface area (Å²) >= 11 is 0. The minimum atomic E-state index is -0.592. The minimum absolute atomic E-state index is 0.182. The highest BCUT2D eigenvalue weighted by Crippen LogP contribution is 2.18. The first kappa shape index (κ1) is 22.7. The summed E-state index contributed by atoms with van der Waals surface area (Å²) in [6.45, 7) is 2.74. The molecule has 0 amide bonds. The molecule has 0 aliphatic heterocycles. The van der Waals surface area contributed by atoms with Gasteiger partial charge >= 0.3 is 11.9 Å². The lowest BCUT2D eigenvalue weighted by molar-refractivity contribution is 0.0599. The number of rotatable bonds is 10. The van der Waals surface area contributed by atoms with Crippen molar-refractivity contribution in [3.05, 3.63) is 71.4 Å². The number of anilines is 1. The highest BCUT2D eigenvalue weighted by atomic mass is 16.5. The van der Waals surface area contributed by atoms with E-state index in [0.29, 0.717) is 17.9 Å². The summed E-state index contributed by atoms with van der Waals surface area (Å²) in [5.41, 5.74) is 1.30. The Kier molecular flexibility index (Phi) is 8.62. The molecule has 2 aromatic carbocycles. The van der Waals surface area contributed by atoms with Crippen LogP contribution >= 0.6 is 0 Å².